The molecule has 1 fully saturated rings. The van der Waals surface area contributed by atoms with E-state index in [2.05, 4.69) is 33.1 Å². The number of fused-ring (bicyclic) bond motifs is 1. The zero-order valence-corrected chi connectivity index (χ0v) is 12.5. The monoisotopic (exact) mass is 299 g/mol. The predicted octanol–water partition coefficient (Wildman–Crippen LogP) is 3.67. The fourth-order valence-electron chi connectivity index (χ4n) is 2.88. The molecule has 1 saturated heterocycles. The van der Waals surface area contributed by atoms with Gasteiger partial charge in [0.2, 0.25) is 0 Å². The molecule has 0 bridgehead atoms. The van der Waals surface area contributed by atoms with Crippen LogP contribution in [0.4, 0.5) is 5.13 Å². The molecule has 0 unspecified atom stereocenters. The van der Waals surface area contributed by atoms with Crippen LogP contribution in [0, 0.1) is 0 Å². The van der Waals surface area contributed by atoms with Crippen molar-refractivity contribution < 1.29 is 4.74 Å². The molecule has 1 N–H and O–H groups in total. The number of nitrogens with one attached hydrogen (secondary N) is 1. The molecule has 0 amide bonds. The first kappa shape index (κ1) is 12.7. The molecule has 3 aromatic rings. The van der Waals surface area contributed by atoms with Gasteiger partial charge in [-0.1, -0.05) is 6.07 Å². The zero-order chi connectivity index (χ0) is 14.1. The highest BCUT2D eigenvalue weighted by molar-refractivity contribution is 7.13. The van der Waals surface area contributed by atoms with Crippen molar-refractivity contribution in [2.75, 3.05) is 18.0 Å². The van der Waals surface area contributed by atoms with Crippen molar-refractivity contribution in [1.82, 2.24) is 9.97 Å². The molecule has 1 aliphatic heterocycles. The van der Waals surface area contributed by atoms with Crippen molar-refractivity contribution in [3.8, 4) is 5.75 Å². The van der Waals surface area contributed by atoms with Gasteiger partial charge in [0.05, 0.1) is 0 Å². The number of benzene rings is 1. The largest absolute Gasteiger partial charge is 0.490 e. The van der Waals surface area contributed by atoms with Crippen molar-refractivity contribution >= 4 is 27.4 Å². The summed E-state index contributed by atoms with van der Waals surface area (Å²) in [6, 6.07) is 8.25. The molecule has 2 aromatic heterocycles. The molecule has 4 rings (SSSR count). The number of aromatic amines is 1. The Balaban J connectivity index is 1.44. The molecule has 3 heterocycles. The molecular weight excluding hydrogens is 282 g/mol. The molecule has 1 aliphatic rings. The molecule has 108 valence electrons. The van der Waals surface area contributed by atoms with Gasteiger partial charge in [0.15, 0.2) is 5.13 Å². The van der Waals surface area contributed by atoms with Crippen LogP contribution in [-0.2, 0) is 0 Å². The highest BCUT2D eigenvalue weighted by Crippen LogP contribution is 2.29. The van der Waals surface area contributed by atoms with Crippen LogP contribution >= 0.6 is 11.3 Å². The molecule has 4 nitrogen and oxygen atoms in total. The lowest BCUT2D eigenvalue weighted by Crippen LogP contribution is -2.38. The summed E-state index contributed by atoms with van der Waals surface area (Å²) >= 11 is 1.71. The normalized spacial score (nSPS) is 16.5. The van der Waals surface area contributed by atoms with Crippen LogP contribution < -0.4 is 9.64 Å². The summed E-state index contributed by atoms with van der Waals surface area (Å²) in [5.74, 6) is 0.987. The summed E-state index contributed by atoms with van der Waals surface area (Å²) in [6.07, 6.45) is 6.21. The Bertz CT molecular complexity index is 714. The Hall–Kier alpha value is -2.01. The van der Waals surface area contributed by atoms with E-state index < -0.39 is 0 Å². The smallest absolute Gasteiger partial charge is 0.185 e. The fourth-order valence-corrected chi connectivity index (χ4v) is 3.57. The summed E-state index contributed by atoms with van der Waals surface area (Å²) in [6.45, 7) is 2.03. The quantitative estimate of drug-likeness (QED) is 0.802. The minimum atomic E-state index is 0.293. The van der Waals surface area contributed by atoms with E-state index in [-0.39, 0.29) is 0 Å². The lowest BCUT2D eigenvalue weighted by molar-refractivity contribution is 0.173. The van der Waals surface area contributed by atoms with Gasteiger partial charge >= 0.3 is 0 Å². The minimum absolute atomic E-state index is 0.293. The number of hydrogen-bond acceptors (Lipinski definition) is 4. The average molecular weight is 299 g/mol. The number of aromatic nitrogens is 2. The van der Waals surface area contributed by atoms with Gasteiger partial charge in [-0.25, -0.2) is 4.98 Å². The van der Waals surface area contributed by atoms with Gasteiger partial charge in [0.1, 0.15) is 11.9 Å². The Morgan fingerprint density at radius 1 is 1.24 bits per heavy atom. The number of anilines is 1. The standard InChI is InChI=1S/C16H17N3OS/c1-2-14-13(4-7-17-14)15(3-1)20-12-5-9-19(10-6-12)16-18-8-11-21-16/h1-4,7-8,11-12,17H,5-6,9-10H2. The molecule has 0 saturated carbocycles. The Morgan fingerprint density at radius 2 is 2.14 bits per heavy atom. The van der Waals surface area contributed by atoms with Gasteiger partial charge in [-0.15, -0.1) is 11.3 Å². The molecule has 1 aromatic carbocycles. The fraction of sp³-hybridized carbons (Fsp3) is 0.312. The molecule has 0 aliphatic carbocycles. The lowest BCUT2D eigenvalue weighted by atomic mass is 10.1. The topological polar surface area (TPSA) is 41.1 Å². The average Bonchev–Trinajstić information content (AvgIpc) is 3.20. The summed E-state index contributed by atoms with van der Waals surface area (Å²) in [4.78, 5) is 9.96. The number of ether oxygens (including phenoxy) is 1. The van der Waals surface area contributed by atoms with E-state index in [4.69, 9.17) is 4.74 Å². The summed E-state index contributed by atoms with van der Waals surface area (Å²) < 4.78 is 6.23. The van der Waals surface area contributed by atoms with E-state index in [1.165, 1.54) is 5.39 Å². The summed E-state index contributed by atoms with van der Waals surface area (Å²) in [7, 11) is 0. The number of rotatable bonds is 3. The zero-order valence-electron chi connectivity index (χ0n) is 11.7. The molecule has 0 radical (unpaired) electrons. The predicted molar refractivity (Wildman–Crippen MR) is 86.3 cm³/mol. The first-order valence-electron chi connectivity index (χ1n) is 7.27. The van der Waals surface area contributed by atoms with Crippen LogP contribution in [0.15, 0.2) is 42.0 Å². The maximum atomic E-state index is 6.23. The van der Waals surface area contributed by atoms with Gasteiger partial charge < -0.3 is 14.6 Å². The van der Waals surface area contributed by atoms with Crippen LogP contribution in [0.3, 0.4) is 0 Å². The number of hydrogen-bond donors (Lipinski definition) is 1. The van der Waals surface area contributed by atoms with Gasteiger partial charge in [0.25, 0.3) is 0 Å². The van der Waals surface area contributed by atoms with Crippen molar-refractivity contribution in [2.24, 2.45) is 0 Å². The van der Waals surface area contributed by atoms with Crippen LogP contribution in [0.5, 0.6) is 5.75 Å². The van der Waals surface area contributed by atoms with E-state index in [9.17, 15) is 0 Å². The van der Waals surface area contributed by atoms with Gasteiger partial charge in [0, 0.05) is 54.6 Å². The third kappa shape index (κ3) is 2.49. The van der Waals surface area contributed by atoms with Crippen LogP contribution in [0.25, 0.3) is 10.9 Å². The van der Waals surface area contributed by atoms with Crippen LogP contribution in [0.1, 0.15) is 12.8 Å². The number of piperidine rings is 1. The highest BCUT2D eigenvalue weighted by Gasteiger charge is 2.22. The second-order valence-corrected chi connectivity index (χ2v) is 6.19. The minimum Gasteiger partial charge on any atom is -0.490 e. The van der Waals surface area contributed by atoms with Crippen molar-refractivity contribution in [3.05, 3.63) is 42.0 Å². The molecule has 0 atom stereocenters. The third-order valence-corrected chi connectivity index (χ3v) is 4.81. The highest BCUT2D eigenvalue weighted by atomic mass is 32.1. The molecule has 0 spiro atoms. The van der Waals surface area contributed by atoms with E-state index >= 15 is 0 Å². The Kier molecular flexibility index (Phi) is 3.27. The van der Waals surface area contributed by atoms with E-state index in [0.29, 0.717) is 6.10 Å². The summed E-state index contributed by atoms with van der Waals surface area (Å²) in [5.41, 5.74) is 1.13. The van der Waals surface area contributed by atoms with Gasteiger partial charge in [-0.05, 0) is 18.2 Å². The summed E-state index contributed by atoms with van der Waals surface area (Å²) in [5, 5.41) is 4.32. The van der Waals surface area contributed by atoms with Crippen molar-refractivity contribution in [3.63, 3.8) is 0 Å². The maximum Gasteiger partial charge on any atom is 0.185 e. The van der Waals surface area contributed by atoms with E-state index in [0.717, 1.165) is 42.3 Å². The first-order valence-corrected chi connectivity index (χ1v) is 8.15. The third-order valence-electron chi connectivity index (χ3n) is 3.98. The first-order chi connectivity index (χ1) is 10.4. The number of thiazole rings is 1. The molecule has 21 heavy (non-hydrogen) atoms. The van der Waals surface area contributed by atoms with Gasteiger partial charge in [-0.3, -0.25) is 0 Å². The number of nitrogens with zero attached hydrogens (tertiary/aromatic N) is 2. The van der Waals surface area contributed by atoms with Crippen molar-refractivity contribution in [1.29, 1.82) is 0 Å². The second-order valence-electron chi connectivity index (χ2n) is 5.31. The Labute approximate surface area is 127 Å². The molecular formula is C16H17N3OS. The Morgan fingerprint density at radius 3 is 2.95 bits per heavy atom. The molecule has 5 heteroatoms. The van der Waals surface area contributed by atoms with Gasteiger partial charge in [-0.2, -0.15) is 0 Å². The van der Waals surface area contributed by atoms with E-state index in [1.54, 1.807) is 11.3 Å². The van der Waals surface area contributed by atoms with Crippen LogP contribution in [-0.4, -0.2) is 29.2 Å². The SMILES string of the molecule is c1cc(OC2CCN(c3nccs3)CC2)c2cc[nH]c2c1. The maximum absolute atomic E-state index is 6.23. The lowest BCUT2D eigenvalue weighted by Gasteiger charge is -2.32. The number of H-pyrrole nitrogens is 1. The van der Waals surface area contributed by atoms with Crippen LogP contribution in [0.2, 0.25) is 0 Å². The van der Waals surface area contributed by atoms with E-state index in [1.807, 2.05) is 23.8 Å². The van der Waals surface area contributed by atoms with Crippen molar-refractivity contribution in [2.45, 2.75) is 18.9 Å². The second kappa shape index (κ2) is 5.41.